The quantitative estimate of drug-likeness (QED) is 0.209. The van der Waals surface area contributed by atoms with Gasteiger partial charge in [-0.05, 0) is 54.9 Å². The second-order valence-electron chi connectivity index (χ2n) is 12.6. The Balaban J connectivity index is 1.21. The average molecular weight is 701 g/mol. The van der Waals surface area contributed by atoms with E-state index in [-0.39, 0.29) is 35.5 Å². The third kappa shape index (κ3) is 4.26. The maximum absolute atomic E-state index is 14.3. The number of alkyl halides is 3. The average Bonchev–Trinajstić information content (AvgIpc) is 3.35. The van der Waals surface area contributed by atoms with Crippen LogP contribution in [0.3, 0.4) is 0 Å². The molecule has 1 saturated carbocycles. The van der Waals surface area contributed by atoms with Gasteiger partial charge >= 0.3 is 0 Å². The molecule has 1 N–H and O–H groups in total. The number of hydrogen-bond acceptors (Lipinski definition) is 6. The molecule has 4 amide bonds. The molecule has 8 nitrogen and oxygen atoms in total. The fourth-order valence-corrected chi connectivity index (χ4v) is 9.82. The lowest BCUT2D eigenvalue weighted by Gasteiger charge is -2.50. The van der Waals surface area contributed by atoms with E-state index in [9.17, 15) is 24.3 Å². The number of carbonyl (C=O) groups is 4. The Labute approximate surface area is 274 Å². The predicted molar refractivity (Wildman–Crippen MR) is 168 cm³/mol. The monoisotopic (exact) mass is 699 g/mol. The number of amides is 4. The van der Waals surface area contributed by atoms with Gasteiger partial charge in [0.15, 0.2) is 9.75 Å². The van der Waals surface area contributed by atoms with E-state index in [1.807, 2.05) is 24.3 Å². The first kappa shape index (κ1) is 30.0. The highest BCUT2D eigenvalue weighted by Crippen LogP contribution is 2.65. The number of piperidine rings is 1. The SMILES string of the molecule is O=C1C2CC=C3C(CC4(Cl)C(=O)N(CBr)C(=O)C4(Cl)C3c3cccc(O)c3)C2C(=O)N1C1CCN(Cc2ccccc2)CC1. The third-order valence-corrected chi connectivity index (χ3v) is 12.3. The number of allylic oxidation sites excluding steroid dienone is 2. The second-order valence-corrected chi connectivity index (χ2v) is 14.4. The topological polar surface area (TPSA) is 98.2 Å². The van der Waals surface area contributed by atoms with Gasteiger partial charge in [-0.15, -0.1) is 23.2 Å². The predicted octanol–water partition coefficient (Wildman–Crippen LogP) is 4.77. The third-order valence-electron chi connectivity index (χ3n) is 10.4. The van der Waals surface area contributed by atoms with Gasteiger partial charge in [0.25, 0.3) is 11.8 Å². The molecular weight excluding hydrogens is 669 g/mol. The number of imide groups is 2. The van der Waals surface area contributed by atoms with Crippen LogP contribution in [0.4, 0.5) is 0 Å². The van der Waals surface area contributed by atoms with Gasteiger partial charge in [-0.1, -0.05) is 70.0 Å². The number of rotatable bonds is 5. The molecule has 5 aliphatic rings. The van der Waals surface area contributed by atoms with Gasteiger partial charge in [0.1, 0.15) is 5.75 Å². The molecule has 11 heteroatoms. The van der Waals surface area contributed by atoms with E-state index >= 15 is 0 Å². The highest BCUT2D eigenvalue weighted by molar-refractivity contribution is 9.09. The fourth-order valence-electron chi connectivity index (χ4n) is 8.39. The van der Waals surface area contributed by atoms with E-state index < -0.39 is 45.2 Å². The van der Waals surface area contributed by atoms with Crippen molar-refractivity contribution < 1.29 is 24.3 Å². The highest BCUT2D eigenvalue weighted by atomic mass is 79.9. The summed E-state index contributed by atoms with van der Waals surface area (Å²) in [7, 11) is 0. The number of likely N-dealkylation sites (tertiary alicyclic amines) is 3. The van der Waals surface area contributed by atoms with Crippen LogP contribution < -0.4 is 0 Å². The summed E-state index contributed by atoms with van der Waals surface area (Å²) in [4.78, 5) is 56.9. The van der Waals surface area contributed by atoms with E-state index in [0.717, 1.165) is 30.1 Å². The van der Waals surface area contributed by atoms with Crippen molar-refractivity contribution >= 4 is 62.8 Å². The van der Waals surface area contributed by atoms with Crippen molar-refractivity contribution in [1.29, 1.82) is 0 Å². The van der Waals surface area contributed by atoms with Crippen LogP contribution in [0.15, 0.2) is 66.2 Å². The number of carbonyl (C=O) groups excluding carboxylic acids is 4. The first-order chi connectivity index (χ1) is 21.1. The van der Waals surface area contributed by atoms with Crippen molar-refractivity contribution in [3.8, 4) is 5.75 Å². The number of hydrogen-bond donors (Lipinski definition) is 1. The summed E-state index contributed by atoms with van der Waals surface area (Å²) in [5.74, 6) is -4.40. The molecule has 44 heavy (non-hydrogen) atoms. The Morgan fingerprint density at radius 1 is 0.909 bits per heavy atom. The Hall–Kier alpha value is -2.72. The van der Waals surface area contributed by atoms with Gasteiger partial charge in [-0.3, -0.25) is 33.9 Å². The van der Waals surface area contributed by atoms with Gasteiger partial charge in [0.05, 0.1) is 17.3 Å². The molecule has 0 bridgehead atoms. The number of benzene rings is 2. The smallest absolute Gasteiger partial charge is 0.254 e. The normalized spacial score (nSPS) is 34.2. The van der Waals surface area contributed by atoms with E-state index in [4.69, 9.17) is 23.2 Å². The number of phenols is 1. The van der Waals surface area contributed by atoms with E-state index in [1.54, 1.807) is 12.1 Å². The van der Waals surface area contributed by atoms with Crippen LogP contribution in [0.1, 0.15) is 42.7 Å². The van der Waals surface area contributed by atoms with Crippen molar-refractivity contribution in [3.05, 3.63) is 77.4 Å². The molecule has 3 aliphatic heterocycles. The molecule has 0 spiro atoms. The molecular formula is C33H32BrCl2N3O5. The Bertz CT molecular complexity index is 1580. The van der Waals surface area contributed by atoms with Crippen LogP contribution in [0.25, 0.3) is 0 Å². The maximum Gasteiger partial charge on any atom is 0.254 e. The first-order valence-electron chi connectivity index (χ1n) is 15.0. The number of fused-ring (bicyclic) bond motifs is 4. The number of halogens is 3. The number of nitrogens with zero attached hydrogens (tertiary/aromatic N) is 3. The molecule has 2 aliphatic carbocycles. The molecule has 6 unspecified atom stereocenters. The van der Waals surface area contributed by atoms with Gasteiger partial charge in [-0.2, -0.15) is 0 Å². The summed E-state index contributed by atoms with van der Waals surface area (Å²) in [5.41, 5.74) is 2.40. The zero-order valence-corrected chi connectivity index (χ0v) is 27.0. The van der Waals surface area contributed by atoms with Crippen LogP contribution in [0, 0.1) is 17.8 Å². The Kier molecular flexibility index (Phi) is 7.47. The lowest BCUT2D eigenvalue weighted by molar-refractivity contribution is -0.144. The van der Waals surface area contributed by atoms with Crippen LogP contribution >= 0.6 is 39.1 Å². The van der Waals surface area contributed by atoms with Crippen LogP contribution in [0.5, 0.6) is 5.75 Å². The first-order valence-corrected chi connectivity index (χ1v) is 16.9. The zero-order chi connectivity index (χ0) is 31.0. The molecule has 4 fully saturated rings. The molecule has 3 heterocycles. The van der Waals surface area contributed by atoms with Crippen LogP contribution in [-0.4, -0.2) is 77.8 Å². The minimum Gasteiger partial charge on any atom is -0.508 e. The Morgan fingerprint density at radius 3 is 2.32 bits per heavy atom. The van der Waals surface area contributed by atoms with E-state index in [1.165, 1.54) is 22.6 Å². The standard InChI is InChI=1S/C33H32BrCl2N3O5/c34-18-38-30(43)32(35)16-25-23(27(33(32,36)31(38)44)20-7-4-8-22(40)15-20)9-10-24-26(25)29(42)39(28(24)41)21-11-13-37(14-12-21)17-19-5-2-1-3-6-19/h1-9,15,21,24-27,40H,10-14,16-18H2. The molecule has 2 aromatic rings. The lowest BCUT2D eigenvalue weighted by Crippen LogP contribution is -2.60. The van der Waals surface area contributed by atoms with Gasteiger partial charge in [0.2, 0.25) is 11.8 Å². The summed E-state index contributed by atoms with van der Waals surface area (Å²) >= 11 is 17.7. The molecule has 2 aromatic carbocycles. The summed E-state index contributed by atoms with van der Waals surface area (Å²) in [5, 5.41) is 10.4. The van der Waals surface area contributed by atoms with Crippen molar-refractivity contribution in [2.75, 3.05) is 18.5 Å². The van der Waals surface area contributed by atoms with Gasteiger partial charge in [-0.25, -0.2) is 0 Å². The van der Waals surface area contributed by atoms with E-state index in [2.05, 4.69) is 33.0 Å². The second kappa shape index (κ2) is 11.0. The van der Waals surface area contributed by atoms with Crippen molar-refractivity contribution in [2.45, 2.75) is 53.9 Å². The van der Waals surface area contributed by atoms with Crippen LogP contribution in [0.2, 0.25) is 0 Å². The van der Waals surface area contributed by atoms with Crippen molar-refractivity contribution in [1.82, 2.24) is 14.7 Å². The minimum absolute atomic E-state index is 0.0228. The molecule has 7 rings (SSSR count). The largest absolute Gasteiger partial charge is 0.508 e. The number of aromatic hydroxyl groups is 1. The molecule has 230 valence electrons. The summed E-state index contributed by atoms with van der Waals surface area (Å²) in [6.45, 7) is 2.37. The highest BCUT2D eigenvalue weighted by Gasteiger charge is 2.76. The minimum atomic E-state index is -1.88. The lowest BCUT2D eigenvalue weighted by atomic mass is 9.56. The molecule has 0 radical (unpaired) electrons. The van der Waals surface area contributed by atoms with Crippen molar-refractivity contribution in [2.24, 2.45) is 17.8 Å². The fraction of sp³-hybridized carbons (Fsp3) is 0.455. The van der Waals surface area contributed by atoms with Crippen LogP contribution in [-0.2, 0) is 25.7 Å². The summed E-state index contributed by atoms with van der Waals surface area (Å²) in [6.07, 6.45) is 3.59. The molecule has 0 aromatic heterocycles. The molecule has 3 saturated heterocycles. The number of phenolic OH excluding ortho intramolecular Hbond substituents is 1. The van der Waals surface area contributed by atoms with Gasteiger partial charge < -0.3 is 5.11 Å². The zero-order valence-electron chi connectivity index (χ0n) is 23.9. The molecule has 6 atom stereocenters. The van der Waals surface area contributed by atoms with Crippen molar-refractivity contribution in [3.63, 3.8) is 0 Å². The summed E-state index contributed by atoms with van der Waals surface area (Å²) < 4.78 is 0. The maximum atomic E-state index is 14.3. The van der Waals surface area contributed by atoms with Gasteiger partial charge in [0, 0.05) is 31.6 Å². The van der Waals surface area contributed by atoms with E-state index in [0.29, 0.717) is 24.8 Å². The Morgan fingerprint density at radius 2 is 1.64 bits per heavy atom. The summed E-state index contributed by atoms with van der Waals surface area (Å²) in [6, 6.07) is 16.5.